The van der Waals surface area contributed by atoms with Gasteiger partial charge in [-0.2, -0.15) is 13.5 Å². The van der Waals surface area contributed by atoms with E-state index in [0.29, 0.717) is 19.4 Å². The van der Waals surface area contributed by atoms with E-state index in [1.807, 2.05) is 0 Å². The number of hydrogen-bond donors (Lipinski definition) is 3. The van der Waals surface area contributed by atoms with Crippen LogP contribution < -0.4 is 9.44 Å². The van der Waals surface area contributed by atoms with Gasteiger partial charge in [0.2, 0.25) is 0 Å². The molecule has 0 bridgehead atoms. The molecule has 14 heavy (non-hydrogen) atoms. The van der Waals surface area contributed by atoms with Gasteiger partial charge in [0.1, 0.15) is 12.2 Å². The number of nitrogens with one attached hydrogen (secondary N) is 3. The Morgan fingerprint density at radius 3 is 2.93 bits per heavy atom. The molecule has 0 spiro atoms. The zero-order chi connectivity index (χ0) is 10.4. The van der Waals surface area contributed by atoms with Gasteiger partial charge in [-0.3, -0.25) is 5.10 Å². The van der Waals surface area contributed by atoms with Crippen LogP contribution in [-0.2, 0) is 16.6 Å². The third-order valence-corrected chi connectivity index (χ3v) is 2.74. The lowest BCUT2D eigenvalue weighted by molar-refractivity contribution is 0.570. The van der Waals surface area contributed by atoms with Crippen molar-refractivity contribution in [3.63, 3.8) is 0 Å². The summed E-state index contributed by atoms with van der Waals surface area (Å²) in [6.45, 7) is 0.379. The second-order valence-electron chi connectivity index (χ2n) is 2.64. The number of nitrogens with zero attached hydrogens (tertiary/aromatic N) is 2. The predicted octanol–water partition coefficient (Wildman–Crippen LogP) is -1.21. The van der Waals surface area contributed by atoms with Gasteiger partial charge in [-0.15, -0.1) is 0 Å². The van der Waals surface area contributed by atoms with Gasteiger partial charge in [-0.25, -0.2) is 14.4 Å². The highest BCUT2D eigenvalue weighted by atomic mass is 32.2. The summed E-state index contributed by atoms with van der Waals surface area (Å²) >= 11 is 0. The van der Waals surface area contributed by atoms with Gasteiger partial charge in [0.15, 0.2) is 0 Å². The maximum Gasteiger partial charge on any atom is 0.276 e. The first-order valence-electron chi connectivity index (χ1n) is 4.16. The quantitative estimate of drug-likeness (QED) is 0.523. The summed E-state index contributed by atoms with van der Waals surface area (Å²) in [6, 6.07) is 0. The molecule has 0 aliphatic heterocycles. The summed E-state index contributed by atoms with van der Waals surface area (Å²) < 4.78 is 26.3. The summed E-state index contributed by atoms with van der Waals surface area (Å²) in [6.07, 6.45) is 2.77. The molecular weight excluding hydrogens is 206 g/mol. The van der Waals surface area contributed by atoms with Crippen molar-refractivity contribution in [3.05, 3.63) is 12.2 Å². The molecule has 0 saturated heterocycles. The van der Waals surface area contributed by atoms with Crippen molar-refractivity contribution in [3.8, 4) is 0 Å². The van der Waals surface area contributed by atoms with E-state index in [1.165, 1.54) is 13.4 Å². The van der Waals surface area contributed by atoms with Crippen molar-refractivity contribution in [2.24, 2.45) is 0 Å². The summed E-state index contributed by atoms with van der Waals surface area (Å²) in [4.78, 5) is 3.91. The van der Waals surface area contributed by atoms with E-state index in [0.717, 1.165) is 5.82 Å². The molecule has 0 aliphatic rings. The molecule has 0 aromatic carbocycles. The van der Waals surface area contributed by atoms with Crippen LogP contribution in [0.2, 0.25) is 0 Å². The van der Waals surface area contributed by atoms with Crippen LogP contribution in [-0.4, -0.2) is 37.2 Å². The van der Waals surface area contributed by atoms with Crippen LogP contribution in [0.4, 0.5) is 0 Å². The first-order valence-corrected chi connectivity index (χ1v) is 5.65. The second-order valence-corrected chi connectivity index (χ2v) is 4.34. The smallest absolute Gasteiger partial charge is 0.263 e. The third-order valence-electron chi connectivity index (χ3n) is 1.62. The Morgan fingerprint density at radius 1 is 1.57 bits per heavy atom. The number of hydrogen-bond acceptors (Lipinski definition) is 4. The number of aryl methyl sites for hydroxylation is 1. The topological polar surface area (TPSA) is 99.8 Å². The number of H-pyrrole nitrogens is 1. The highest BCUT2D eigenvalue weighted by Gasteiger charge is 2.04. The van der Waals surface area contributed by atoms with Crippen LogP contribution in [0.15, 0.2) is 6.33 Å². The van der Waals surface area contributed by atoms with Gasteiger partial charge < -0.3 is 0 Å². The van der Waals surface area contributed by atoms with E-state index < -0.39 is 10.2 Å². The third kappa shape index (κ3) is 3.81. The van der Waals surface area contributed by atoms with Gasteiger partial charge in [0.25, 0.3) is 10.2 Å². The fourth-order valence-corrected chi connectivity index (χ4v) is 1.44. The van der Waals surface area contributed by atoms with Gasteiger partial charge in [0, 0.05) is 20.0 Å². The molecule has 0 fully saturated rings. The Balaban J connectivity index is 2.17. The lowest BCUT2D eigenvalue weighted by Crippen LogP contribution is -2.34. The molecular formula is C6H13N5O2S. The molecule has 0 aliphatic carbocycles. The Bertz CT molecular complexity index is 346. The minimum Gasteiger partial charge on any atom is -0.263 e. The zero-order valence-corrected chi connectivity index (χ0v) is 8.63. The van der Waals surface area contributed by atoms with Crippen molar-refractivity contribution in [2.45, 2.75) is 12.8 Å². The van der Waals surface area contributed by atoms with Gasteiger partial charge in [0.05, 0.1) is 0 Å². The molecule has 8 heteroatoms. The molecule has 7 nitrogen and oxygen atoms in total. The monoisotopic (exact) mass is 219 g/mol. The molecule has 0 atom stereocenters. The maximum absolute atomic E-state index is 10.9. The highest BCUT2D eigenvalue weighted by molar-refractivity contribution is 7.87. The zero-order valence-electron chi connectivity index (χ0n) is 7.82. The molecule has 0 radical (unpaired) electrons. The number of aromatic nitrogens is 3. The Kier molecular flexibility index (Phi) is 3.98. The molecule has 3 N–H and O–H groups in total. The maximum atomic E-state index is 10.9. The second kappa shape index (κ2) is 5.03. The van der Waals surface area contributed by atoms with Crippen LogP contribution in [0.5, 0.6) is 0 Å². The minimum absolute atomic E-state index is 0.379. The average Bonchev–Trinajstić information content (AvgIpc) is 2.65. The van der Waals surface area contributed by atoms with E-state index >= 15 is 0 Å². The van der Waals surface area contributed by atoms with E-state index in [4.69, 9.17) is 0 Å². The lowest BCUT2D eigenvalue weighted by Gasteiger charge is -2.03. The molecule has 0 unspecified atom stereocenters. The first-order chi connectivity index (χ1) is 6.64. The Hall–Kier alpha value is -0.990. The molecule has 1 aromatic heterocycles. The van der Waals surface area contributed by atoms with Crippen LogP contribution in [0.3, 0.4) is 0 Å². The fraction of sp³-hybridized carbons (Fsp3) is 0.667. The molecule has 1 heterocycles. The fourth-order valence-electron chi connectivity index (χ4n) is 0.886. The highest BCUT2D eigenvalue weighted by Crippen LogP contribution is 1.91. The van der Waals surface area contributed by atoms with Crippen LogP contribution in [0.25, 0.3) is 0 Å². The largest absolute Gasteiger partial charge is 0.276 e. The predicted molar refractivity (Wildman–Crippen MR) is 50.7 cm³/mol. The molecule has 1 rings (SSSR count). The average molecular weight is 219 g/mol. The Morgan fingerprint density at radius 2 is 2.36 bits per heavy atom. The van der Waals surface area contributed by atoms with Crippen molar-refractivity contribution in [1.29, 1.82) is 0 Å². The van der Waals surface area contributed by atoms with Crippen LogP contribution in [0.1, 0.15) is 12.2 Å². The minimum atomic E-state index is -3.31. The molecule has 1 aromatic rings. The first kappa shape index (κ1) is 11.1. The van der Waals surface area contributed by atoms with Crippen molar-refractivity contribution >= 4 is 10.2 Å². The normalized spacial score (nSPS) is 11.8. The van der Waals surface area contributed by atoms with Crippen LogP contribution in [0, 0.1) is 0 Å². The number of aromatic amines is 1. The molecule has 0 amide bonds. The Labute approximate surface area is 82.5 Å². The van der Waals surface area contributed by atoms with Gasteiger partial charge in [-0.05, 0) is 6.42 Å². The van der Waals surface area contributed by atoms with Crippen molar-refractivity contribution < 1.29 is 8.42 Å². The summed E-state index contributed by atoms with van der Waals surface area (Å²) in [7, 11) is -1.95. The van der Waals surface area contributed by atoms with E-state index in [2.05, 4.69) is 24.6 Å². The summed E-state index contributed by atoms with van der Waals surface area (Å²) in [5, 5.41) is 6.37. The van der Waals surface area contributed by atoms with Gasteiger partial charge >= 0.3 is 0 Å². The molecule has 0 saturated carbocycles. The number of rotatable bonds is 6. The van der Waals surface area contributed by atoms with E-state index in [-0.39, 0.29) is 0 Å². The van der Waals surface area contributed by atoms with Crippen molar-refractivity contribution in [2.75, 3.05) is 13.6 Å². The summed E-state index contributed by atoms with van der Waals surface area (Å²) in [5.74, 6) is 0.758. The van der Waals surface area contributed by atoms with Crippen LogP contribution >= 0.6 is 0 Å². The van der Waals surface area contributed by atoms with Gasteiger partial charge in [-0.1, -0.05) is 0 Å². The lowest BCUT2D eigenvalue weighted by atomic mass is 10.3. The van der Waals surface area contributed by atoms with E-state index in [9.17, 15) is 8.42 Å². The summed E-state index contributed by atoms with van der Waals surface area (Å²) in [5.41, 5.74) is 0. The standard InChI is InChI=1S/C6H13N5O2S/c1-7-14(12,13)10-4-2-3-6-8-5-9-11-6/h5,7,10H,2-4H2,1H3,(H,8,9,11). The van der Waals surface area contributed by atoms with Crippen molar-refractivity contribution in [1.82, 2.24) is 24.6 Å². The molecule has 80 valence electrons. The SMILES string of the molecule is CNS(=O)(=O)NCCCc1ncn[nH]1. The van der Waals surface area contributed by atoms with E-state index in [1.54, 1.807) is 0 Å².